The molecular weight excluding hydrogens is 278 g/mol. The molecule has 0 aromatic heterocycles. The number of carbonyl (C=O) groups excluding carboxylic acids is 1. The van der Waals surface area contributed by atoms with Gasteiger partial charge in [-0.05, 0) is 43.4 Å². The first-order chi connectivity index (χ1) is 9.54. The third-order valence-electron chi connectivity index (χ3n) is 4.35. The molecule has 2 aliphatic rings. The SMILES string of the molecule is O=C(O)[C@H]1CCCN1C(=O)C1(c2ccc(Cl)cc2)CC1. The van der Waals surface area contributed by atoms with Gasteiger partial charge in [-0.2, -0.15) is 0 Å². The Kier molecular flexibility index (Phi) is 3.21. The number of rotatable bonds is 3. The summed E-state index contributed by atoms with van der Waals surface area (Å²) in [6, 6.07) is 6.65. The normalized spacial score (nSPS) is 23.6. The Morgan fingerprint density at radius 3 is 2.45 bits per heavy atom. The van der Waals surface area contributed by atoms with Crippen LogP contribution in [0.4, 0.5) is 0 Å². The van der Waals surface area contributed by atoms with E-state index in [0.29, 0.717) is 18.0 Å². The zero-order valence-corrected chi connectivity index (χ0v) is 11.8. The van der Waals surface area contributed by atoms with E-state index >= 15 is 0 Å². The molecule has 1 saturated heterocycles. The van der Waals surface area contributed by atoms with E-state index in [1.807, 2.05) is 12.1 Å². The number of halogens is 1. The van der Waals surface area contributed by atoms with Crippen molar-refractivity contribution in [1.82, 2.24) is 4.90 Å². The zero-order chi connectivity index (χ0) is 14.3. The average molecular weight is 294 g/mol. The molecule has 4 nitrogen and oxygen atoms in total. The lowest BCUT2D eigenvalue weighted by Gasteiger charge is -2.27. The van der Waals surface area contributed by atoms with Crippen LogP contribution in [0.2, 0.25) is 5.02 Å². The Morgan fingerprint density at radius 2 is 1.90 bits per heavy atom. The minimum atomic E-state index is -0.900. The number of likely N-dealkylation sites (tertiary alicyclic amines) is 1. The van der Waals surface area contributed by atoms with Gasteiger partial charge in [0.1, 0.15) is 6.04 Å². The number of aliphatic carboxylic acids is 1. The number of carboxylic acids is 1. The molecule has 3 rings (SSSR count). The van der Waals surface area contributed by atoms with Crippen molar-refractivity contribution in [3.05, 3.63) is 34.9 Å². The number of benzene rings is 1. The fourth-order valence-corrected chi connectivity index (χ4v) is 3.19. The van der Waals surface area contributed by atoms with E-state index in [1.54, 1.807) is 17.0 Å². The van der Waals surface area contributed by atoms with Crippen LogP contribution in [0.1, 0.15) is 31.2 Å². The van der Waals surface area contributed by atoms with Crippen molar-refractivity contribution < 1.29 is 14.7 Å². The molecule has 1 aliphatic carbocycles. The molecule has 5 heteroatoms. The molecule has 0 spiro atoms. The van der Waals surface area contributed by atoms with Crippen molar-refractivity contribution in [2.45, 2.75) is 37.1 Å². The monoisotopic (exact) mass is 293 g/mol. The topological polar surface area (TPSA) is 57.6 Å². The van der Waals surface area contributed by atoms with Crippen molar-refractivity contribution in [1.29, 1.82) is 0 Å². The van der Waals surface area contributed by atoms with E-state index < -0.39 is 17.4 Å². The van der Waals surface area contributed by atoms with Gasteiger partial charge in [0, 0.05) is 11.6 Å². The summed E-state index contributed by atoms with van der Waals surface area (Å²) in [5, 5.41) is 9.85. The summed E-state index contributed by atoms with van der Waals surface area (Å²) >= 11 is 5.88. The number of carboxylic acid groups (broad SMARTS) is 1. The highest BCUT2D eigenvalue weighted by Crippen LogP contribution is 2.50. The molecule has 0 radical (unpaired) electrons. The molecule has 1 aromatic carbocycles. The van der Waals surface area contributed by atoms with Gasteiger partial charge in [-0.1, -0.05) is 23.7 Å². The second-order valence-electron chi connectivity index (χ2n) is 5.58. The first-order valence-electron chi connectivity index (χ1n) is 6.84. The molecule has 1 N–H and O–H groups in total. The molecule has 2 fully saturated rings. The maximum atomic E-state index is 12.8. The van der Waals surface area contributed by atoms with Crippen molar-refractivity contribution >= 4 is 23.5 Å². The van der Waals surface area contributed by atoms with Crippen LogP contribution in [0.3, 0.4) is 0 Å². The molecule has 0 bridgehead atoms. The van der Waals surface area contributed by atoms with Gasteiger partial charge in [0.25, 0.3) is 0 Å². The molecule has 20 heavy (non-hydrogen) atoms. The number of amides is 1. The summed E-state index contributed by atoms with van der Waals surface area (Å²) in [4.78, 5) is 25.5. The molecule has 1 heterocycles. The number of nitrogens with zero attached hydrogens (tertiary/aromatic N) is 1. The van der Waals surface area contributed by atoms with Crippen molar-refractivity contribution in [3.8, 4) is 0 Å². The smallest absolute Gasteiger partial charge is 0.326 e. The van der Waals surface area contributed by atoms with Crippen LogP contribution in [0, 0.1) is 0 Å². The Morgan fingerprint density at radius 1 is 1.25 bits per heavy atom. The first kappa shape index (κ1) is 13.4. The minimum Gasteiger partial charge on any atom is -0.480 e. The van der Waals surface area contributed by atoms with Crippen LogP contribution < -0.4 is 0 Å². The number of hydrogen-bond acceptors (Lipinski definition) is 2. The van der Waals surface area contributed by atoms with Gasteiger partial charge >= 0.3 is 5.97 Å². The summed E-state index contributed by atoms with van der Waals surface area (Å²) < 4.78 is 0. The molecule has 0 unspecified atom stereocenters. The molecule has 1 amide bonds. The van der Waals surface area contributed by atoms with Crippen LogP contribution in [0.5, 0.6) is 0 Å². The summed E-state index contributed by atoms with van der Waals surface area (Å²) in [5.74, 6) is -0.938. The van der Waals surface area contributed by atoms with Crippen LogP contribution in [0.25, 0.3) is 0 Å². The average Bonchev–Trinajstić information content (AvgIpc) is 3.08. The predicted molar refractivity (Wildman–Crippen MR) is 74.7 cm³/mol. The largest absolute Gasteiger partial charge is 0.480 e. The van der Waals surface area contributed by atoms with Crippen molar-refractivity contribution in [3.63, 3.8) is 0 Å². The van der Waals surface area contributed by atoms with E-state index in [4.69, 9.17) is 11.6 Å². The molecule has 1 saturated carbocycles. The summed E-state index contributed by atoms with van der Waals surface area (Å²) in [7, 11) is 0. The Balaban J connectivity index is 1.86. The van der Waals surface area contributed by atoms with Crippen LogP contribution >= 0.6 is 11.6 Å². The zero-order valence-electron chi connectivity index (χ0n) is 11.0. The molecular formula is C15H16ClNO3. The highest BCUT2D eigenvalue weighted by atomic mass is 35.5. The minimum absolute atomic E-state index is 0.0373. The van der Waals surface area contributed by atoms with E-state index in [9.17, 15) is 14.7 Å². The highest BCUT2D eigenvalue weighted by Gasteiger charge is 2.55. The lowest BCUT2D eigenvalue weighted by Crippen LogP contribution is -2.45. The van der Waals surface area contributed by atoms with Gasteiger partial charge in [-0.3, -0.25) is 4.79 Å². The molecule has 1 atom stereocenters. The van der Waals surface area contributed by atoms with Gasteiger partial charge in [0.15, 0.2) is 0 Å². The van der Waals surface area contributed by atoms with E-state index in [1.165, 1.54) is 0 Å². The van der Waals surface area contributed by atoms with Crippen molar-refractivity contribution in [2.75, 3.05) is 6.54 Å². The Bertz CT molecular complexity index is 551. The standard InChI is InChI=1S/C15H16ClNO3/c16-11-5-3-10(4-6-11)15(7-8-15)14(20)17-9-1-2-12(17)13(18)19/h3-6,12H,1-2,7-9H2,(H,18,19)/t12-/m1/s1. The predicted octanol–water partition coefficient (Wildman–Crippen LogP) is 2.45. The summed E-state index contributed by atoms with van der Waals surface area (Å²) in [6.45, 7) is 0.547. The first-order valence-corrected chi connectivity index (χ1v) is 7.22. The van der Waals surface area contributed by atoms with Crippen LogP contribution in [0.15, 0.2) is 24.3 Å². The second-order valence-corrected chi connectivity index (χ2v) is 6.02. The van der Waals surface area contributed by atoms with Gasteiger partial charge < -0.3 is 10.0 Å². The molecule has 1 aromatic rings. The van der Waals surface area contributed by atoms with Gasteiger partial charge in [-0.15, -0.1) is 0 Å². The van der Waals surface area contributed by atoms with Crippen LogP contribution in [-0.4, -0.2) is 34.5 Å². The maximum absolute atomic E-state index is 12.8. The third-order valence-corrected chi connectivity index (χ3v) is 4.61. The van der Waals surface area contributed by atoms with Gasteiger partial charge in [0.2, 0.25) is 5.91 Å². The molecule has 106 valence electrons. The third kappa shape index (κ3) is 2.08. The quantitative estimate of drug-likeness (QED) is 0.931. The highest BCUT2D eigenvalue weighted by molar-refractivity contribution is 6.30. The number of carbonyl (C=O) groups is 2. The van der Waals surface area contributed by atoms with Gasteiger partial charge in [-0.25, -0.2) is 4.79 Å². The lowest BCUT2D eigenvalue weighted by molar-refractivity contribution is -0.149. The fourth-order valence-electron chi connectivity index (χ4n) is 3.06. The van der Waals surface area contributed by atoms with Gasteiger partial charge in [0.05, 0.1) is 5.41 Å². The Labute approximate surface area is 122 Å². The fraction of sp³-hybridized carbons (Fsp3) is 0.467. The van der Waals surface area contributed by atoms with E-state index in [0.717, 1.165) is 24.8 Å². The second kappa shape index (κ2) is 4.77. The van der Waals surface area contributed by atoms with E-state index in [2.05, 4.69) is 0 Å². The van der Waals surface area contributed by atoms with Crippen LogP contribution in [-0.2, 0) is 15.0 Å². The van der Waals surface area contributed by atoms with E-state index in [-0.39, 0.29) is 5.91 Å². The number of hydrogen-bond donors (Lipinski definition) is 1. The molecule has 1 aliphatic heterocycles. The summed E-state index contributed by atoms with van der Waals surface area (Å²) in [6.07, 6.45) is 2.89. The maximum Gasteiger partial charge on any atom is 0.326 e. The summed E-state index contributed by atoms with van der Waals surface area (Å²) in [5.41, 5.74) is 0.436. The lowest BCUT2D eigenvalue weighted by atomic mass is 9.94. The van der Waals surface area contributed by atoms with Crippen molar-refractivity contribution in [2.24, 2.45) is 0 Å². The Hall–Kier alpha value is -1.55.